The Labute approximate surface area is 117 Å². The number of aliphatic hydroxyl groups is 1. The molecule has 2 rings (SSSR count). The molecule has 0 amide bonds. The van der Waals surface area contributed by atoms with Crippen molar-refractivity contribution in [1.29, 1.82) is 5.26 Å². The van der Waals surface area contributed by atoms with E-state index in [-0.39, 0.29) is 6.61 Å². The van der Waals surface area contributed by atoms with Crippen molar-refractivity contribution in [1.82, 2.24) is 0 Å². The summed E-state index contributed by atoms with van der Waals surface area (Å²) in [5.74, 6) is 0. The molecule has 0 bridgehead atoms. The van der Waals surface area contributed by atoms with Crippen molar-refractivity contribution in [3.05, 3.63) is 65.2 Å². The number of nitrogen functional groups attached to an aromatic ring is 1. The third kappa shape index (κ3) is 3.22. The van der Waals surface area contributed by atoms with Crippen LogP contribution in [0, 0.1) is 11.3 Å². The maximum atomic E-state index is 8.97. The summed E-state index contributed by atoms with van der Waals surface area (Å²) in [4.78, 5) is 4.41. The Morgan fingerprint density at radius 3 is 2.10 bits per heavy atom. The molecule has 0 heterocycles. The SMILES string of the molecule is N#Cc1ccc(C(=NCCO)c2ccc(N)cc2)cc1. The van der Waals surface area contributed by atoms with Gasteiger partial charge in [-0.05, 0) is 24.3 Å². The lowest BCUT2D eigenvalue weighted by Gasteiger charge is -2.08. The lowest BCUT2D eigenvalue weighted by atomic mass is 10.0. The second-order valence-corrected chi connectivity index (χ2v) is 4.27. The highest BCUT2D eigenvalue weighted by atomic mass is 16.3. The van der Waals surface area contributed by atoms with Crippen molar-refractivity contribution in [2.75, 3.05) is 18.9 Å². The summed E-state index contributed by atoms with van der Waals surface area (Å²) in [6.45, 7) is 0.328. The van der Waals surface area contributed by atoms with Gasteiger partial charge in [0, 0.05) is 16.8 Å². The van der Waals surface area contributed by atoms with Crippen LogP contribution in [-0.4, -0.2) is 24.0 Å². The third-order valence-corrected chi connectivity index (χ3v) is 2.84. The molecule has 0 atom stereocenters. The Morgan fingerprint density at radius 1 is 1.05 bits per heavy atom. The molecular weight excluding hydrogens is 250 g/mol. The molecule has 2 aromatic carbocycles. The van der Waals surface area contributed by atoms with E-state index in [2.05, 4.69) is 11.1 Å². The summed E-state index contributed by atoms with van der Waals surface area (Å²) in [5.41, 5.74) is 9.60. The average molecular weight is 265 g/mol. The summed E-state index contributed by atoms with van der Waals surface area (Å²) in [6.07, 6.45) is 0. The summed E-state index contributed by atoms with van der Waals surface area (Å²) in [7, 11) is 0. The standard InChI is InChI=1S/C16H15N3O/c17-11-12-1-3-13(4-2-12)16(19-9-10-20)14-5-7-15(18)8-6-14/h1-8,20H,9-10,18H2. The summed E-state index contributed by atoms with van der Waals surface area (Å²) < 4.78 is 0. The van der Waals surface area contributed by atoms with Gasteiger partial charge in [-0.3, -0.25) is 4.99 Å². The van der Waals surface area contributed by atoms with E-state index in [1.807, 2.05) is 36.4 Å². The fraction of sp³-hybridized carbons (Fsp3) is 0.125. The van der Waals surface area contributed by atoms with E-state index in [0.29, 0.717) is 17.8 Å². The number of hydrogen-bond donors (Lipinski definition) is 2. The fourth-order valence-electron chi connectivity index (χ4n) is 1.85. The molecule has 100 valence electrons. The van der Waals surface area contributed by atoms with Crippen LogP contribution < -0.4 is 5.73 Å². The number of benzene rings is 2. The van der Waals surface area contributed by atoms with Crippen LogP contribution in [0.2, 0.25) is 0 Å². The number of rotatable bonds is 4. The van der Waals surface area contributed by atoms with Gasteiger partial charge in [0.1, 0.15) is 0 Å². The minimum atomic E-state index is -0.00521. The maximum absolute atomic E-state index is 8.97. The lowest BCUT2D eigenvalue weighted by molar-refractivity contribution is 0.307. The first-order valence-corrected chi connectivity index (χ1v) is 6.26. The number of aliphatic hydroxyl groups excluding tert-OH is 1. The molecule has 20 heavy (non-hydrogen) atoms. The van der Waals surface area contributed by atoms with Gasteiger partial charge in [0.2, 0.25) is 0 Å². The number of nitrogens with zero attached hydrogens (tertiary/aromatic N) is 2. The van der Waals surface area contributed by atoms with Crippen LogP contribution in [-0.2, 0) is 0 Å². The predicted molar refractivity (Wildman–Crippen MR) is 79.6 cm³/mol. The van der Waals surface area contributed by atoms with Gasteiger partial charge in [0.05, 0.1) is 30.5 Å². The molecule has 0 aromatic heterocycles. The normalized spacial score (nSPS) is 11.1. The Kier molecular flexibility index (Phi) is 4.48. The van der Waals surface area contributed by atoms with Gasteiger partial charge in [-0.1, -0.05) is 24.3 Å². The first-order chi connectivity index (χ1) is 9.74. The van der Waals surface area contributed by atoms with Gasteiger partial charge < -0.3 is 10.8 Å². The minimum Gasteiger partial charge on any atom is -0.399 e. The van der Waals surface area contributed by atoms with Crippen molar-refractivity contribution in [2.24, 2.45) is 4.99 Å². The molecule has 4 nitrogen and oxygen atoms in total. The van der Waals surface area contributed by atoms with Gasteiger partial charge in [-0.2, -0.15) is 5.26 Å². The van der Waals surface area contributed by atoms with Crippen molar-refractivity contribution in [3.8, 4) is 6.07 Å². The Morgan fingerprint density at radius 2 is 1.60 bits per heavy atom. The van der Waals surface area contributed by atoms with Crippen LogP contribution in [0.3, 0.4) is 0 Å². The Hall–Kier alpha value is -2.64. The molecule has 0 aliphatic carbocycles. The molecule has 0 radical (unpaired) electrons. The topological polar surface area (TPSA) is 82.4 Å². The van der Waals surface area contributed by atoms with E-state index < -0.39 is 0 Å². The highest BCUT2D eigenvalue weighted by molar-refractivity contribution is 6.13. The van der Waals surface area contributed by atoms with Gasteiger partial charge in [-0.15, -0.1) is 0 Å². The molecule has 0 saturated heterocycles. The van der Waals surface area contributed by atoms with Crippen molar-refractivity contribution >= 4 is 11.4 Å². The smallest absolute Gasteiger partial charge is 0.0991 e. The fourth-order valence-corrected chi connectivity index (χ4v) is 1.85. The third-order valence-electron chi connectivity index (χ3n) is 2.84. The van der Waals surface area contributed by atoms with E-state index in [9.17, 15) is 0 Å². The van der Waals surface area contributed by atoms with Crippen LogP contribution in [0.1, 0.15) is 16.7 Å². The molecule has 0 aliphatic rings. The van der Waals surface area contributed by atoms with Crippen LogP contribution in [0.4, 0.5) is 5.69 Å². The summed E-state index contributed by atoms with van der Waals surface area (Å²) >= 11 is 0. The van der Waals surface area contributed by atoms with Gasteiger partial charge >= 0.3 is 0 Å². The van der Waals surface area contributed by atoms with Crippen molar-refractivity contribution in [3.63, 3.8) is 0 Å². The van der Waals surface area contributed by atoms with E-state index in [1.165, 1.54) is 0 Å². The van der Waals surface area contributed by atoms with E-state index in [1.54, 1.807) is 12.1 Å². The van der Waals surface area contributed by atoms with Crippen molar-refractivity contribution < 1.29 is 5.11 Å². The average Bonchev–Trinajstić information content (AvgIpc) is 2.50. The molecule has 2 aromatic rings. The highest BCUT2D eigenvalue weighted by Gasteiger charge is 2.06. The van der Waals surface area contributed by atoms with Crippen LogP contribution in [0.5, 0.6) is 0 Å². The number of aliphatic imine (C=N–C) groups is 1. The molecule has 0 saturated carbocycles. The number of nitrogens with two attached hydrogens (primary N) is 1. The van der Waals surface area contributed by atoms with Gasteiger partial charge in [0.15, 0.2) is 0 Å². The largest absolute Gasteiger partial charge is 0.399 e. The summed E-state index contributed by atoms with van der Waals surface area (Å²) in [5, 5.41) is 17.8. The zero-order valence-electron chi connectivity index (χ0n) is 11.0. The van der Waals surface area contributed by atoms with E-state index in [0.717, 1.165) is 16.8 Å². The molecule has 4 heteroatoms. The zero-order chi connectivity index (χ0) is 14.4. The number of anilines is 1. The Balaban J connectivity index is 2.41. The molecule has 0 fully saturated rings. The van der Waals surface area contributed by atoms with Crippen molar-refractivity contribution in [2.45, 2.75) is 0 Å². The predicted octanol–water partition coefficient (Wildman–Crippen LogP) is 1.97. The van der Waals surface area contributed by atoms with Gasteiger partial charge in [-0.25, -0.2) is 0 Å². The highest BCUT2D eigenvalue weighted by Crippen LogP contribution is 2.14. The second-order valence-electron chi connectivity index (χ2n) is 4.27. The van der Waals surface area contributed by atoms with Crippen LogP contribution >= 0.6 is 0 Å². The number of hydrogen-bond acceptors (Lipinski definition) is 4. The van der Waals surface area contributed by atoms with E-state index >= 15 is 0 Å². The first kappa shape index (κ1) is 13.8. The quantitative estimate of drug-likeness (QED) is 0.655. The molecule has 0 spiro atoms. The summed E-state index contributed by atoms with van der Waals surface area (Å²) in [6, 6.07) is 16.7. The van der Waals surface area contributed by atoms with E-state index in [4.69, 9.17) is 16.1 Å². The first-order valence-electron chi connectivity index (χ1n) is 6.26. The van der Waals surface area contributed by atoms with Crippen LogP contribution in [0.15, 0.2) is 53.5 Å². The zero-order valence-corrected chi connectivity index (χ0v) is 11.0. The minimum absolute atomic E-state index is 0.00521. The lowest BCUT2D eigenvalue weighted by Crippen LogP contribution is -2.06. The Bertz CT molecular complexity index is 637. The maximum Gasteiger partial charge on any atom is 0.0991 e. The second kappa shape index (κ2) is 6.50. The molecule has 0 aliphatic heterocycles. The van der Waals surface area contributed by atoms with Gasteiger partial charge in [0.25, 0.3) is 0 Å². The molecule has 3 N–H and O–H groups in total. The monoisotopic (exact) mass is 265 g/mol. The van der Waals surface area contributed by atoms with Crippen LogP contribution in [0.25, 0.3) is 0 Å². The molecule has 0 unspecified atom stereocenters. The number of nitriles is 1. The molecular formula is C16H15N3O.